The summed E-state index contributed by atoms with van der Waals surface area (Å²) in [5.74, 6) is 0.381. The Morgan fingerprint density at radius 2 is 2.20 bits per heavy atom. The number of benzene rings is 1. The molecule has 2 saturated heterocycles. The number of aryl methyl sites for hydroxylation is 1. The number of ether oxygens (including phenoxy) is 4. The van der Waals surface area contributed by atoms with Crippen molar-refractivity contribution in [2.24, 2.45) is 0 Å². The van der Waals surface area contributed by atoms with E-state index in [2.05, 4.69) is 5.32 Å². The first kappa shape index (κ1) is 28.7. The van der Waals surface area contributed by atoms with E-state index in [9.17, 15) is 14.3 Å². The molecular formula is C30H40FN3O6. The molecule has 10 heteroatoms. The number of likely N-dealkylation sites (tertiary alicyclic amines) is 1. The molecule has 0 aliphatic carbocycles. The highest BCUT2D eigenvalue weighted by atomic mass is 19.1. The van der Waals surface area contributed by atoms with Crippen LogP contribution in [0.5, 0.6) is 5.75 Å². The maximum absolute atomic E-state index is 14.9. The summed E-state index contributed by atoms with van der Waals surface area (Å²) in [6.07, 6.45) is 5.38. The van der Waals surface area contributed by atoms with Gasteiger partial charge in [-0.05, 0) is 57.1 Å². The Bertz CT molecular complexity index is 1170. The third-order valence-corrected chi connectivity index (χ3v) is 8.04. The topological polar surface area (TPSA) is 102 Å². The van der Waals surface area contributed by atoms with E-state index >= 15 is 0 Å². The number of aliphatic carboxylic acids is 1. The van der Waals surface area contributed by atoms with Gasteiger partial charge in [0, 0.05) is 49.1 Å². The molecule has 4 heterocycles. The van der Waals surface area contributed by atoms with Gasteiger partial charge < -0.3 is 29.4 Å². The van der Waals surface area contributed by atoms with Gasteiger partial charge in [-0.2, -0.15) is 0 Å². The molecule has 2 aromatic rings. The van der Waals surface area contributed by atoms with Crippen molar-refractivity contribution in [2.75, 3.05) is 51.9 Å². The van der Waals surface area contributed by atoms with Crippen molar-refractivity contribution in [3.05, 3.63) is 52.5 Å². The first-order valence-electron chi connectivity index (χ1n) is 14.2. The Hall–Kier alpha value is -2.79. The fourth-order valence-electron chi connectivity index (χ4n) is 5.74. The second-order valence-corrected chi connectivity index (χ2v) is 11.2. The molecule has 5 rings (SSSR count). The van der Waals surface area contributed by atoms with Crippen molar-refractivity contribution in [1.82, 2.24) is 9.88 Å². The van der Waals surface area contributed by atoms with Crippen molar-refractivity contribution < 1.29 is 33.2 Å². The number of anilines is 1. The number of carboxylic acid groups (broad SMARTS) is 1. The summed E-state index contributed by atoms with van der Waals surface area (Å²) in [4.78, 5) is 19.1. The predicted molar refractivity (Wildman–Crippen MR) is 147 cm³/mol. The Labute approximate surface area is 235 Å². The number of nitrogens with one attached hydrogen (secondary N) is 1. The number of aromatic nitrogens is 1. The molecule has 2 unspecified atom stereocenters. The molecule has 0 amide bonds. The number of fused-ring (bicyclic) bond motifs is 1. The van der Waals surface area contributed by atoms with Crippen LogP contribution < -0.4 is 10.1 Å². The minimum Gasteiger partial charge on any atom is -0.496 e. The highest BCUT2D eigenvalue weighted by Gasteiger charge is 2.38. The van der Waals surface area contributed by atoms with Gasteiger partial charge in [0.05, 0.1) is 33.0 Å². The number of carboxylic acids is 1. The third-order valence-electron chi connectivity index (χ3n) is 8.04. The van der Waals surface area contributed by atoms with Crippen LogP contribution in [0.1, 0.15) is 61.0 Å². The van der Waals surface area contributed by atoms with Gasteiger partial charge in [0.25, 0.3) is 0 Å². The molecule has 40 heavy (non-hydrogen) atoms. The lowest BCUT2D eigenvalue weighted by molar-refractivity contribution is -0.205. The van der Waals surface area contributed by atoms with Crippen LogP contribution in [0.4, 0.5) is 10.2 Å². The predicted octanol–water partition coefficient (Wildman–Crippen LogP) is 4.13. The smallest absolute Gasteiger partial charge is 0.325 e. The Morgan fingerprint density at radius 1 is 1.35 bits per heavy atom. The van der Waals surface area contributed by atoms with Crippen molar-refractivity contribution in [3.63, 3.8) is 0 Å². The summed E-state index contributed by atoms with van der Waals surface area (Å²) < 4.78 is 37.7. The first-order valence-corrected chi connectivity index (χ1v) is 14.2. The highest BCUT2D eigenvalue weighted by molar-refractivity contribution is 5.76. The van der Waals surface area contributed by atoms with Gasteiger partial charge in [0.1, 0.15) is 29.0 Å². The SMILES string of the molecule is COc1cc(CCCCOC2CCN(C(C(=O)O)c3cccc(F)c3COC3(C)COC3)C2)nc2c1CCCN2. The summed E-state index contributed by atoms with van der Waals surface area (Å²) in [5.41, 5.74) is 2.42. The zero-order valence-corrected chi connectivity index (χ0v) is 23.4. The van der Waals surface area contributed by atoms with E-state index < -0.39 is 23.4 Å². The maximum Gasteiger partial charge on any atom is 0.325 e. The molecule has 2 fully saturated rings. The quantitative estimate of drug-likeness (QED) is 0.352. The lowest BCUT2D eigenvalue weighted by Crippen LogP contribution is -2.49. The molecule has 9 nitrogen and oxygen atoms in total. The van der Waals surface area contributed by atoms with E-state index in [1.165, 1.54) is 6.07 Å². The van der Waals surface area contributed by atoms with E-state index in [0.29, 0.717) is 38.5 Å². The van der Waals surface area contributed by atoms with Gasteiger partial charge in [0.2, 0.25) is 0 Å². The lowest BCUT2D eigenvalue weighted by Gasteiger charge is -2.38. The van der Waals surface area contributed by atoms with Gasteiger partial charge in [-0.3, -0.25) is 9.69 Å². The highest BCUT2D eigenvalue weighted by Crippen LogP contribution is 2.33. The standard InChI is InChI=1S/C30H40FN3O6/c1-30(18-38-19-30)40-17-24-22(8-5-10-25(24)31)27(29(35)36)34-13-11-21(16-34)39-14-4-3-7-20-15-26(37-2)23-9-6-12-32-28(23)33-20/h5,8,10,15,21,27H,3-4,6-7,9,11-14,16-19H2,1-2H3,(H,32,33)(H,35,36). The van der Waals surface area contributed by atoms with Crippen LogP contribution in [0.3, 0.4) is 0 Å². The van der Waals surface area contributed by atoms with Gasteiger partial charge in [0.15, 0.2) is 0 Å². The van der Waals surface area contributed by atoms with E-state index in [4.69, 9.17) is 23.9 Å². The summed E-state index contributed by atoms with van der Waals surface area (Å²) in [5, 5.41) is 13.5. The van der Waals surface area contributed by atoms with Gasteiger partial charge in [-0.15, -0.1) is 0 Å². The van der Waals surface area contributed by atoms with Crippen molar-refractivity contribution in [2.45, 2.75) is 69.8 Å². The minimum absolute atomic E-state index is 0.000426. The molecule has 218 valence electrons. The zero-order valence-electron chi connectivity index (χ0n) is 23.4. The monoisotopic (exact) mass is 557 g/mol. The number of nitrogens with zero attached hydrogens (tertiary/aromatic N) is 2. The number of hydrogen-bond donors (Lipinski definition) is 2. The maximum atomic E-state index is 14.9. The van der Waals surface area contributed by atoms with E-state index in [-0.39, 0.29) is 18.3 Å². The van der Waals surface area contributed by atoms with Crippen molar-refractivity contribution >= 4 is 11.8 Å². The molecule has 1 aromatic carbocycles. The lowest BCUT2D eigenvalue weighted by atomic mass is 9.98. The average Bonchev–Trinajstić information content (AvgIpc) is 3.39. The van der Waals surface area contributed by atoms with E-state index in [1.807, 2.05) is 17.9 Å². The van der Waals surface area contributed by atoms with Crippen LogP contribution in [0.2, 0.25) is 0 Å². The second kappa shape index (κ2) is 12.8. The molecule has 0 bridgehead atoms. The largest absolute Gasteiger partial charge is 0.496 e. The van der Waals surface area contributed by atoms with Crippen LogP contribution in [0, 0.1) is 5.82 Å². The summed E-state index contributed by atoms with van der Waals surface area (Å²) in [6.45, 7) is 5.37. The number of rotatable bonds is 13. The number of carbonyl (C=O) groups is 1. The molecule has 2 N–H and O–H groups in total. The minimum atomic E-state index is -1.01. The molecule has 2 atom stereocenters. The average molecular weight is 558 g/mol. The Morgan fingerprint density at radius 3 is 2.95 bits per heavy atom. The second-order valence-electron chi connectivity index (χ2n) is 11.2. The van der Waals surface area contributed by atoms with Crippen molar-refractivity contribution in [3.8, 4) is 5.75 Å². The number of halogens is 1. The molecule has 3 aliphatic rings. The zero-order chi connectivity index (χ0) is 28.1. The van der Waals surface area contributed by atoms with E-state index in [0.717, 1.165) is 67.9 Å². The Balaban J connectivity index is 1.12. The summed E-state index contributed by atoms with van der Waals surface area (Å²) in [6, 6.07) is 5.67. The molecule has 0 spiro atoms. The van der Waals surface area contributed by atoms with E-state index in [1.54, 1.807) is 19.2 Å². The van der Waals surface area contributed by atoms with Gasteiger partial charge in [-0.1, -0.05) is 12.1 Å². The summed E-state index contributed by atoms with van der Waals surface area (Å²) >= 11 is 0. The van der Waals surface area contributed by atoms with Gasteiger partial charge >= 0.3 is 5.97 Å². The molecule has 0 radical (unpaired) electrons. The molecular weight excluding hydrogens is 517 g/mol. The molecule has 3 aliphatic heterocycles. The van der Waals surface area contributed by atoms with Gasteiger partial charge in [-0.25, -0.2) is 9.37 Å². The third kappa shape index (κ3) is 6.57. The van der Waals surface area contributed by atoms with Crippen LogP contribution >= 0.6 is 0 Å². The number of hydrogen-bond acceptors (Lipinski definition) is 8. The van der Waals surface area contributed by atoms with Crippen LogP contribution in [0.15, 0.2) is 24.3 Å². The first-order chi connectivity index (χ1) is 19.4. The number of unbranched alkanes of at least 4 members (excludes halogenated alkanes) is 1. The Kier molecular flexibility index (Phi) is 9.20. The molecule has 0 saturated carbocycles. The normalized spacial score (nSPS) is 20.8. The number of pyridine rings is 1. The van der Waals surface area contributed by atoms with Crippen molar-refractivity contribution in [1.29, 1.82) is 0 Å². The fourth-order valence-corrected chi connectivity index (χ4v) is 5.74. The summed E-state index contributed by atoms with van der Waals surface area (Å²) in [7, 11) is 1.70. The van der Waals surface area contributed by atoms with Crippen LogP contribution in [0.25, 0.3) is 0 Å². The fraction of sp³-hybridized carbons (Fsp3) is 0.600. The molecule has 1 aromatic heterocycles. The van der Waals surface area contributed by atoms with Crippen LogP contribution in [-0.2, 0) is 38.5 Å². The van der Waals surface area contributed by atoms with Crippen LogP contribution in [-0.4, -0.2) is 79.2 Å². The number of methoxy groups -OCH3 is 1.